The summed E-state index contributed by atoms with van der Waals surface area (Å²) in [7, 11) is -1.59. The SMILES string of the molecule is CCN=C(NC1CCN(S(=O)(=O)C(F)(F)F)CC1)N(C)C.I. The molecule has 1 N–H and O–H groups in total. The van der Waals surface area contributed by atoms with Gasteiger partial charge in [-0.3, -0.25) is 4.99 Å². The third-order valence-electron chi connectivity index (χ3n) is 3.15. The maximum atomic E-state index is 12.5. The number of nitrogens with one attached hydrogen (secondary N) is 1. The Labute approximate surface area is 146 Å². The van der Waals surface area contributed by atoms with Crippen LogP contribution in [0.5, 0.6) is 0 Å². The first-order valence-electron chi connectivity index (χ1n) is 6.64. The number of sulfonamides is 1. The fraction of sp³-hybridized carbons (Fsp3) is 0.909. The fourth-order valence-electron chi connectivity index (χ4n) is 2.04. The Hall–Kier alpha value is -0.300. The van der Waals surface area contributed by atoms with E-state index in [9.17, 15) is 21.6 Å². The lowest BCUT2D eigenvalue weighted by Crippen LogP contribution is -2.51. The molecule has 132 valence electrons. The largest absolute Gasteiger partial charge is 0.511 e. The van der Waals surface area contributed by atoms with Crippen LogP contribution in [0, 0.1) is 0 Å². The number of halogens is 4. The highest BCUT2D eigenvalue weighted by Crippen LogP contribution is 2.28. The summed E-state index contributed by atoms with van der Waals surface area (Å²) in [6.45, 7) is 2.17. The third kappa shape index (κ3) is 5.41. The summed E-state index contributed by atoms with van der Waals surface area (Å²) in [6, 6.07) is -0.0858. The van der Waals surface area contributed by atoms with Crippen molar-refractivity contribution in [3.63, 3.8) is 0 Å². The van der Waals surface area contributed by atoms with Crippen LogP contribution in [0.1, 0.15) is 19.8 Å². The van der Waals surface area contributed by atoms with E-state index in [0.717, 1.165) is 0 Å². The van der Waals surface area contributed by atoms with E-state index in [1.54, 1.807) is 4.90 Å². The van der Waals surface area contributed by atoms with Gasteiger partial charge in [0.1, 0.15) is 0 Å². The summed E-state index contributed by atoms with van der Waals surface area (Å²) in [5, 5.41) is 3.14. The topological polar surface area (TPSA) is 65.0 Å². The summed E-state index contributed by atoms with van der Waals surface area (Å²) in [6.07, 6.45) is 0.623. The maximum absolute atomic E-state index is 12.5. The molecule has 1 saturated heterocycles. The van der Waals surface area contributed by atoms with Gasteiger partial charge < -0.3 is 10.2 Å². The average Bonchev–Trinajstić information content (AvgIpc) is 2.37. The second-order valence-corrected chi connectivity index (χ2v) is 6.89. The number of rotatable bonds is 3. The van der Waals surface area contributed by atoms with Crippen molar-refractivity contribution in [3.05, 3.63) is 0 Å². The van der Waals surface area contributed by atoms with Gasteiger partial charge in [-0.2, -0.15) is 17.5 Å². The molecular formula is C11H22F3IN4O2S. The van der Waals surface area contributed by atoms with E-state index in [-0.39, 0.29) is 43.1 Å². The second-order valence-electron chi connectivity index (χ2n) is 4.96. The molecule has 6 nitrogen and oxygen atoms in total. The number of alkyl halides is 3. The second kappa shape index (κ2) is 8.52. The van der Waals surface area contributed by atoms with Crippen molar-refractivity contribution >= 4 is 40.0 Å². The smallest absolute Gasteiger partial charge is 0.353 e. The minimum atomic E-state index is -5.23. The van der Waals surface area contributed by atoms with Crippen LogP contribution in [-0.2, 0) is 10.0 Å². The monoisotopic (exact) mass is 458 g/mol. The lowest BCUT2D eigenvalue weighted by atomic mass is 10.1. The number of nitrogens with zero attached hydrogens (tertiary/aromatic N) is 3. The molecule has 0 aromatic carbocycles. The van der Waals surface area contributed by atoms with Crippen LogP contribution in [0.3, 0.4) is 0 Å². The highest BCUT2D eigenvalue weighted by Gasteiger charge is 2.50. The van der Waals surface area contributed by atoms with Crippen LogP contribution in [0.4, 0.5) is 13.2 Å². The minimum absolute atomic E-state index is 0. The maximum Gasteiger partial charge on any atom is 0.511 e. The first kappa shape index (κ1) is 21.7. The van der Waals surface area contributed by atoms with Crippen molar-refractivity contribution in [2.45, 2.75) is 31.3 Å². The Morgan fingerprint density at radius 3 is 2.18 bits per heavy atom. The highest BCUT2D eigenvalue weighted by atomic mass is 127. The summed E-state index contributed by atoms with van der Waals surface area (Å²) >= 11 is 0. The molecule has 1 rings (SSSR count). The van der Waals surface area contributed by atoms with Crippen LogP contribution in [0.15, 0.2) is 4.99 Å². The van der Waals surface area contributed by atoms with Gasteiger partial charge in [0.25, 0.3) is 0 Å². The molecule has 1 fully saturated rings. The number of hydrogen-bond acceptors (Lipinski definition) is 3. The Bertz CT molecular complexity index is 474. The van der Waals surface area contributed by atoms with Crippen molar-refractivity contribution < 1.29 is 21.6 Å². The van der Waals surface area contributed by atoms with Crippen LogP contribution in [-0.4, -0.2) is 68.9 Å². The van der Waals surface area contributed by atoms with E-state index >= 15 is 0 Å². The number of aliphatic imine (C=N–C) groups is 1. The zero-order valence-corrected chi connectivity index (χ0v) is 15.9. The molecule has 0 unspecified atom stereocenters. The van der Waals surface area contributed by atoms with Gasteiger partial charge in [-0.1, -0.05) is 0 Å². The molecule has 0 saturated carbocycles. The normalized spacial score (nSPS) is 18.7. The summed E-state index contributed by atoms with van der Waals surface area (Å²) in [5.41, 5.74) is -5.23. The van der Waals surface area contributed by atoms with Gasteiger partial charge in [-0.15, -0.1) is 24.0 Å². The Morgan fingerprint density at radius 1 is 1.32 bits per heavy atom. The van der Waals surface area contributed by atoms with Gasteiger partial charge in [-0.25, -0.2) is 8.42 Å². The molecular weight excluding hydrogens is 436 g/mol. The van der Waals surface area contributed by atoms with E-state index < -0.39 is 15.5 Å². The molecule has 0 aromatic rings. The summed E-state index contributed by atoms with van der Waals surface area (Å²) < 4.78 is 60.5. The van der Waals surface area contributed by atoms with Gasteiger partial charge in [0.05, 0.1) is 0 Å². The molecule has 1 aliphatic heterocycles. The standard InChI is InChI=1S/C11H21F3N4O2S.HI/c1-4-15-10(17(2)3)16-9-5-7-18(8-6-9)21(19,20)11(12,13)14;/h9H,4-8H2,1-3H3,(H,15,16);1H. The molecule has 0 aromatic heterocycles. The molecule has 0 aliphatic carbocycles. The first-order valence-corrected chi connectivity index (χ1v) is 8.08. The number of hydrogen-bond donors (Lipinski definition) is 1. The quantitative estimate of drug-likeness (QED) is 0.395. The average molecular weight is 458 g/mol. The van der Waals surface area contributed by atoms with Crippen molar-refractivity contribution in [1.82, 2.24) is 14.5 Å². The van der Waals surface area contributed by atoms with E-state index in [4.69, 9.17) is 0 Å². The van der Waals surface area contributed by atoms with Crippen LogP contribution < -0.4 is 5.32 Å². The van der Waals surface area contributed by atoms with E-state index in [1.807, 2.05) is 21.0 Å². The predicted molar refractivity (Wildman–Crippen MR) is 89.8 cm³/mol. The molecule has 0 radical (unpaired) electrons. The Kier molecular flexibility index (Phi) is 8.41. The van der Waals surface area contributed by atoms with Gasteiger partial charge in [0.15, 0.2) is 5.96 Å². The van der Waals surface area contributed by atoms with Crippen LogP contribution in [0.25, 0.3) is 0 Å². The Balaban J connectivity index is 0.00000441. The fourth-order valence-corrected chi connectivity index (χ4v) is 3.02. The molecule has 22 heavy (non-hydrogen) atoms. The van der Waals surface area contributed by atoms with Gasteiger partial charge >= 0.3 is 15.5 Å². The highest BCUT2D eigenvalue weighted by molar-refractivity contribution is 14.0. The van der Waals surface area contributed by atoms with Gasteiger partial charge in [0, 0.05) is 39.8 Å². The molecule has 1 heterocycles. The lowest BCUT2D eigenvalue weighted by molar-refractivity contribution is -0.0494. The third-order valence-corrected chi connectivity index (χ3v) is 4.78. The van der Waals surface area contributed by atoms with Crippen molar-refractivity contribution in [2.24, 2.45) is 4.99 Å². The van der Waals surface area contributed by atoms with E-state index in [2.05, 4.69) is 10.3 Å². The molecule has 11 heteroatoms. The zero-order chi connectivity index (χ0) is 16.3. The van der Waals surface area contributed by atoms with Crippen molar-refractivity contribution in [1.29, 1.82) is 0 Å². The lowest BCUT2D eigenvalue weighted by Gasteiger charge is -2.33. The predicted octanol–water partition coefficient (Wildman–Crippen LogP) is 1.45. The van der Waals surface area contributed by atoms with Crippen LogP contribution in [0.2, 0.25) is 0 Å². The van der Waals surface area contributed by atoms with Crippen molar-refractivity contribution in [3.8, 4) is 0 Å². The molecule has 1 aliphatic rings. The number of piperidine rings is 1. The molecule has 0 atom stereocenters. The van der Waals surface area contributed by atoms with Gasteiger partial charge in [0.2, 0.25) is 0 Å². The first-order chi connectivity index (χ1) is 9.59. The molecule has 0 amide bonds. The van der Waals surface area contributed by atoms with Gasteiger partial charge in [-0.05, 0) is 19.8 Å². The van der Waals surface area contributed by atoms with E-state index in [1.165, 1.54) is 0 Å². The minimum Gasteiger partial charge on any atom is -0.353 e. The molecule has 0 bridgehead atoms. The van der Waals surface area contributed by atoms with Crippen molar-refractivity contribution in [2.75, 3.05) is 33.7 Å². The zero-order valence-electron chi connectivity index (χ0n) is 12.7. The number of guanidine groups is 1. The molecule has 0 spiro atoms. The summed E-state index contributed by atoms with van der Waals surface area (Å²) in [4.78, 5) is 6.02. The van der Waals surface area contributed by atoms with E-state index in [0.29, 0.717) is 29.7 Å². The van der Waals surface area contributed by atoms with Crippen LogP contribution >= 0.6 is 24.0 Å². The summed E-state index contributed by atoms with van der Waals surface area (Å²) in [5.74, 6) is 0.648. The Morgan fingerprint density at radius 2 is 1.82 bits per heavy atom.